The average Bonchev–Trinajstić information content (AvgIpc) is 3.45. The molecule has 45 heavy (non-hydrogen) atoms. The first-order valence-corrected chi connectivity index (χ1v) is 15.7. The molecule has 0 amide bonds. The van der Waals surface area contributed by atoms with Gasteiger partial charge in [-0.2, -0.15) is 0 Å². The highest BCUT2D eigenvalue weighted by atomic mass is 16.6. The Morgan fingerprint density at radius 3 is 1.27 bits per heavy atom. The van der Waals surface area contributed by atoms with Crippen LogP contribution in [0.1, 0.15) is 27.8 Å². The molecule has 4 atom stereocenters. The molecular weight excluding hydrogens is 558 g/mol. The standard InChI is InChI=1S/C40H41NO4/c1-6-16-32(17-7-1)26-41(27-33-18-8-2-9-19-33)40-39(44-30-36-24-14-5-15-25-36)38(43-29-35-22-12-4-13-23-35)37(45-40)31-42-28-34-20-10-3-11-21-34/h1-25,37-40H,26-31H2/t37-,38-,39+,40+/m1/s1. The number of benzene rings is 5. The Labute approximate surface area is 267 Å². The van der Waals surface area contributed by atoms with Crippen molar-refractivity contribution in [3.8, 4) is 0 Å². The van der Waals surface area contributed by atoms with E-state index in [1.807, 2.05) is 54.6 Å². The molecule has 230 valence electrons. The monoisotopic (exact) mass is 599 g/mol. The van der Waals surface area contributed by atoms with Gasteiger partial charge in [0.05, 0.1) is 26.4 Å². The molecule has 5 nitrogen and oxygen atoms in total. The van der Waals surface area contributed by atoms with Crippen LogP contribution in [0, 0.1) is 0 Å². The van der Waals surface area contributed by atoms with E-state index in [0.29, 0.717) is 39.5 Å². The molecule has 0 saturated carbocycles. The van der Waals surface area contributed by atoms with Crippen molar-refractivity contribution in [2.75, 3.05) is 6.61 Å². The van der Waals surface area contributed by atoms with E-state index in [4.69, 9.17) is 18.9 Å². The molecule has 0 bridgehead atoms. The fourth-order valence-corrected chi connectivity index (χ4v) is 5.79. The summed E-state index contributed by atoms with van der Waals surface area (Å²) in [5.74, 6) is 0. The van der Waals surface area contributed by atoms with E-state index in [2.05, 4.69) is 102 Å². The van der Waals surface area contributed by atoms with Gasteiger partial charge in [0.15, 0.2) is 0 Å². The number of hydrogen-bond acceptors (Lipinski definition) is 5. The van der Waals surface area contributed by atoms with Crippen LogP contribution in [-0.4, -0.2) is 36.0 Å². The van der Waals surface area contributed by atoms with E-state index in [1.165, 1.54) is 11.1 Å². The van der Waals surface area contributed by atoms with Crippen molar-refractivity contribution >= 4 is 0 Å². The zero-order valence-corrected chi connectivity index (χ0v) is 25.6. The Kier molecular flexibility index (Phi) is 11.2. The summed E-state index contributed by atoms with van der Waals surface area (Å²) in [7, 11) is 0. The Hall–Kier alpha value is -4.10. The second-order valence-electron chi connectivity index (χ2n) is 11.5. The Bertz CT molecular complexity index is 1480. The second kappa shape index (κ2) is 16.3. The van der Waals surface area contributed by atoms with Crippen LogP contribution in [0.3, 0.4) is 0 Å². The van der Waals surface area contributed by atoms with Gasteiger partial charge >= 0.3 is 0 Å². The molecule has 0 N–H and O–H groups in total. The zero-order valence-electron chi connectivity index (χ0n) is 25.6. The van der Waals surface area contributed by atoms with Gasteiger partial charge < -0.3 is 18.9 Å². The van der Waals surface area contributed by atoms with Crippen molar-refractivity contribution in [1.82, 2.24) is 4.90 Å². The molecule has 1 heterocycles. The lowest BCUT2D eigenvalue weighted by Crippen LogP contribution is -2.45. The topological polar surface area (TPSA) is 40.2 Å². The molecule has 0 radical (unpaired) electrons. The molecule has 1 saturated heterocycles. The summed E-state index contributed by atoms with van der Waals surface area (Å²) in [5, 5.41) is 0. The van der Waals surface area contributed by atoms with Gasteiger partial charge in [-0.25, -0.2) is 0 Å². The van der Waals surface area contributed by atoms with Crippen LogP contribution < -0.4 is 0 Å². The van der Waals surface area contributed by atoms with Crippen molar-refractivity contribution in [3.05, 3.63) is 179 Å². The van der Waals surface area contributed by atoms with E-state index in [9.17, 15) is 0 Å². The van der Waals surface area contributed by atoms with Crippen molar-refractivity contribution in [2.24, 2.45) is 0 Å². The molecule has 1 aliphatic rings. The number of ether oxygens (including phenoxy) is 4. The van der Waals surface area contributed by atoms with E-state index in [1.54, 1.807) is 0 Å². The Morgan fingerprint density at radius 1 is 0.444 bits per heavy atom. The molecule has 0 unspecified atom stereocenters. The molecule has 1 aliphatic heterocycles. The minimum absolute atomic E-state index is 0.322. The minimum Gasteiger partial charge on any atom is -0.374 e. The summed E-state index contributed by atoms with van der Waals surface area (Å²) in [6.45, 7) is 3.21. The molecule has 5 aromatic carbocycles. The van der Waals surface area contributed by atoms with E-state index in [-0.39, 0.29) is 24.5 Å². The van der Waals surface area contributed by atoms with E-state index >= 15 is 0 Å². The first-order valence-electron chi connectivity index (χ1n) is 15.7. The smallest absolute Gasteiger partial charge is 0.140 e. The van der Waals surface area contributed by atoms with Crippen LogP contribution in [0.15, 0.2) is 152 Å². The lowest BCUT2D eigenvalue weighted by molar-refractivity contribution is -0.127. The lowest BCUT2D eigenvalue weighted by Gasteiger charge is -2.33. The lowest BCUT2D eigenvalue weighted by atomic mass is 10.1. The fraction of sp³-hybridized carbons (Fsp3) is 0.250. The van der Waals surface area contributed by atoms with Gasteiger partial charge in [-0.1, -0.05) is 152 Å². The highest BCUT2D eigenvalue weighted by Gasteiger charge is 2.49. The summed E-state index contributed by atoms with van der Waals surface area (Å²) >= 11 is 0. The maximum Gasteiger partial charge on any atom is 0.140 e. The minimum atomic E-state index is -0.361. The van der Waals surface area contributed by atoms with E-state index < -0.39 is 0 Å². The van der Waals surface area contributed by atoms with E-state index in [0.717, 1.165) is 16.7 Å². The van der Waals surface area contributed by atoms with Gasteiger partial charge in [0, 0.05) is 13.1 Å². The van der Waals surface area contributed by atoms with Crippen LogP contribution in [-0.2, 0) is 51.9 Å². The van der Waals surface area contributed by atoms with Crippen LogP contribution in [0.2, 0.25) is 0 Å². The van der Waals surface area contributed by atoms with Crippen LogP contribution in [0.25, 0.3) is 0 Å². The van der Waals surface area contributed by atoms with Crippen molar-refractivity contribution in [1.29, 1.82) is 0 Å². The molecule has 6 rings (SSSR count). The second-order valence-corrected chi connectivity index (χ2v) is 11.5. The largest absolute Gasteiger partial charge is 0.374 e. The third-order valence-electron chi connectivity index (χ3n) is 8.07. The third kappa shape index (κ3) is 8.98. The summed E-state index contributed by atoms with van der Waals surface area (Å²) in [4.78, 5) is 2.37. The molecule has 5 heteroatoms. The third-order valence-corrected chi connectivity index (χ3v) is 8.07. The van der Waals surface area contributed by atoms with Gasteiger partial charge in [-0.15, -0.1) is 0 Å². The SMILES string of the molecule is c1ccc(COC[C@H]2O[C@H](N(Cc3ccccc3)Cc3ccccc3)[C@@H](OCc3ccccc3)[C@@H]2OCc2ccccc2)cc1. The van der Waals surface area contributed by atoms with Gasteiger partial charge in [-0.05, 0) is 27.8 Å². The predicted octanol–water partition coefficient (Wildman–Crippen LogP) is 7.80. The Morgan fingerprint density at radius 2 is 0.822 bits per heavy atom. The van der Waals surface area contributed by atoms with Gasteiger partial charge in [-0.3, -0.25) is 4.90 Å². The summed E-state index contributed by atoms with van der Waals surface area (Å²) < 4.78 is 26.8. The van der Waals surface area contributed by atoms with Crippen molar-refractivity contribution in [2.45, 2.75) is 57.4 Å². The van der Waals surface area contributed by atoms with Crippen molar-refractivity contribution in [3.63, 3.8) is 0 Å². The molecule has 0 aliphatic carbocycles. The van der Waals surface area contributed by atoms with Crippen LogP contribution in [0.5, 0.6) is 0 Å². The van der Waals surface area contributed by atoms with Crippen molar-refractivity contribution < 1.29 is 18.9 Å². The van der Waals surface area contributed by atoms with Gasteiger partial charge in [0.25, 0.3) is 0 Å². The number of hydrogen-bond donors (Lipinski definition) is 0. The number of nitrogens with zero attached hydrogens (tertiary/aromatic N) is 1. The maximum atomic E-state index is 6.96. The zero-order chi connectivity index (χ0) is 30.5. The fourth-order valence-electron chi connectivity index (χ4n) is 5.79. The molecule has 1 fully saturated rings. The quantitative estimate of drug-likeness (QED) is 0.123. The van der Waals surface area contributed by atoms with Crippen LogP contribution >= 0.6 is 0 Å². The summed E-state index contributed by atoms with van der Waals surface area (Å²) in [5.41, 5.74) is 5.77. The maximum absolute atomic E-state index is 6.96. The number of rotatable bonds is 15. The molecular formula is C40H41NO4. The van der Waals surface area contributed by atoms with Crippen LogP contribution in [0.4, 0.5) is 0 Å². The Balaban J connectivity index is 1.30. The first-order chi connectivity index (χ1) is 22.3. The predicted molar refractivity (Wildman–Crippen MR) is 177 cm³/mol. The first kappa shape index (κ1) is 30.9. The molecule has 0 aromatic heterocycles. The molecule has 0 spiro atoms. The highest BCUT2D eigenvalue weighted by Crippen LogP contribution is 2.33. The normalized spacial score (nSPS) is 19.6. The van der Waals surface area contributed by atoms with Gasteiger partial charge in [0.1, 0.15) is 24.5 Å². The average molecular weight is 600 g/mol. The molecule has 5 aromatic rings. The summed E-state index contributed by atoms with van der Waals surface area (Å²) in [6.07, 6.45) is -1.38. The van der Waals surface area contributed by atoms with Gasteiger partial charge in [0.2, 0.25) is 0 Å². The summed E-state index contributed by atoms with van der Waals surface area (Å²) in [6, 6.07) is 51.9. The highest BCUT2D eigenvalue weighted by molar-refractivity contribution is 5.19.